The van der Waals surface area contributed by atoms with E-state index in [1.807, 2.05) is 0 Å². The quantitative estimate of drug-likeness (QED) is 0.159. The Labute approximate surface area is 328 Å². The second kappa shape index (κ2) is 13.0. The van der Waals surface area contributed by atoms with Gasteiger partial charge in [-0.2, -0.15) is 0 Å². The van der Waals surface area contributed by atoms with Crippen molar-refractivity contribution in [1.82, 2.24) is 0 Å². The summed E-state index contributed by atoms with van der Waals surface area (Å²) in [4.78, 5) is 2.38. The lowest BCUT2D eigenvalue weighted by Gasteiger charge is -2.31. The molecule has 0 radical (unpaired) electrons. The monoisotopic (exact) mass is 711 g/mol. The molecule has 0 aromatic heterocycles. The van der Waals surface area contributed by atoms with Crippen LogP contribution in [0.25, 0.3) is 55.6 Å². The molecule has 0 N–H and O–H groups in total. The maximum absolute atomic E-state index is 2.38. The third-order valence-corrected chi connectivity index (χ3v) is 11.9. The third kappa shape index (κ3) is 4.88. The molecule has 1 nitrogen and oxygen atoms in total. The zero-order valence-corrected chi connectivity index (χ0v) is 30.8. The molecule has 0 amide bonds. The van der Waals surface area contributed by atoms with Crippen LogP contribution in [0.2, 0.25) is 0 Å². The lowest BCUT2D eigenvalue weighted by atomic mass is 9.70. The fourth-order valence-electron chi connectivity index (χ4n) is 9.51. The van der Waals surface area contributed by atoms with Crippen molar-refractivity contribution in [3.8, 4) is 55.6 Å². The Morgan fingerprint density at radius 3 is 1.41 bits per heavy atom. The Balaban J connectivity index is 1.08. The van der Waals surface area contributed by atoms with Gasteiger partial charge in [-0.3, -0.25) is 0 Å². The Kier molecular flexibility index (Phi) is 7.47. The summed E-state index contributed by atoms with van der Waals surface area (Å²) in [5.41, 5.74) is 21.0. The van der Waals surface area contributed by atoms with Gasteiger partial charge < -0.3 is 4.90 Å². The van der Waals surface area contributed by atoms with Gasteiger partial charge in [-0.25, -0.2) is 0 Å². The summed E-state index contributed by atoms with van der Waals surface area (Å²) >= 11 is 0. The first-order valence-corrected chi connectivity index (χ1v) is 19.4. The summed E-state index contributed by atoms with van der Waals surface area (Å²) in [5, 5.41) is 0. The van der Waals surface area contributed by atoms with Gasteiger partial charge >= 0.3 is 0 Å². The van der Waals surface area contributed by atoms with Gasteiger partial charge in [0.2, 0.25) is 0 Å². The van der Waals surface area contributed by atoms with Crippen molar-refractivity contribution in [3.05, 3.63) is 247 Å². The summed E-state index contributed by atoms with van der Waals surface area (Å²) in [6.45, 7) is 0. The number of hydrogen-bond donors (Lipinski definition) is 0. The lowest BCUT2D eigenvalue weighted by molar-refractivity contribution is 0.792. The van der Waals surface area contributed by atoms with E-state index >= 15 is 0 Å². The average molecular weight is 712 g/mol. The fraction of sp³-hybridized carbons (Fsp3) is 0.0182. The molecule has 0 bridgehead atoms. The molecule has 0 saturated heterocycles. The highest BCUT2D eigenvalue weighted by atomic mass is 15.1. The van der Waals surface area contributed by atoms with Crippen LogP contribution in [0, 0.1) is 0 Å². The minimum Gasteiger partial charge on any atom is -0.310 e. The van der Waals surface area contributed by atoms with Crippen LogP contribution in [0.15, 0.2) is 224 Å². The molecule has 0 fully saturated rings. The predicted octanol–water partition coefficient (Wildman–Crippen LogP) is 14.5. The zero-order valence-electron chi connectivity index (χ0n) is 30.8. The van der Waals surface area contributed by atoms with Crippen molar-refractivity contribution >= 4 is 17.1 Å². The van der Waals surface area contributed by atoms with E-state index in [9.17, 15) is 0 Å². The van der Waals surface area contributed by atoms with E-state index in [2.05, 4.69) is 229 Å². The molecule has 0 aliphatic heterocycles. The number of anilines is 3. The molecule has 1 heteroatoms. The van der Waals surface area contributed by atoms with Crippen LogP contribution in [0.5, 0.6) is 0 Å². The van der Waals surface area contributed by atoms with E-state index < -0.39 is 0 Å². The Bertz CT molecular complexity index is 2790. The lowest BCUT2D eigenvalue weighted by Crippen LogP contribution is -2.26. The van der Waals surface area contributed by atoms with Crippen LogP contribution in [0.4, 0.5) is 17.1 Å². The van der Waals surface area contributed by atoms with Crippen molar-refractivity contribution in [3.63, 3.8) is 0 Å². The Morgan fingerprint density at radius 2 is 0.750 bits per heavy atom. The molecule has 9 aromatic carbocycles. The molecule has 0 saturated carbocycles. The van der Waals surface area contributed by atoms with Crippen molar-refractivity contribution < 1.29 is 0 Å². The molecular formula is C55H37N. The number of nitrogens with zero attached hydrogens (tertiary/aromatic N) is 1. The molecule has 0 spiro atoms. The molecule has 56 heavy (non-hydrogen) atoms. The topological polar surface area (TPSA) is 3.24 Å². The number of benzene rings is 9. The summed E-state index contributed by atoms with van der Waals surface area (Å²) < 4.78 is 0. The standard InChI is InChI=1S/C55H37N/c1-4-15-38(16-5-1)40-29-33-44(34-30-40)56(45-35-31-41(32-36-45)39-17-6-2-7-18-39)46-22-12-19-42(37-46)47-24-14-28-52-53(47)50-26-13-25-49-48-23-10-11-27-51(48)55(52,54(49)50)43-20-8-3-9-21-43/h1-37H. The minimum absolute atomic E-state index is 0.375. The minimum atomic E-state index is -0.375. The number of rotatable bonds is 7. The van der Waals surface area contributed by atoms with Gasteiger partial charge in [0.15, 0.2) is 0 Å². The normalized spacial score (nSPS) is 14.5. The van der Waals surface area contributed by atoms with Crippen LogP contribution in [0.1, 0.15) is 22.3 Å². The van der Waals surface area contributed by atoms with Crippen LogP contribution in [0.3, 0.4) is 0 Å². The smallest absolute Gasteiger partial charge is 0.0725 e. The van der Waals surface area contributed by atoms with Gasteiger partial charge in [0.25, 0.3) is 0 Å². The highest BCUT2D eigenvalue weighted by molar-refractivity contribution is 6.03. The van der Waals surface area contributed by atoms with Crippen molar-refractivity contribution in [2.24, 2.45) is 0 Å². The van der Waals surface area contributed by atoms with Gasteiger partial charge in [-0.15, -0.1) is 0 Å². The first-order chi connectivity index (χ1) is 27.8. The molecule has 9 aromatic rings. The molecule has 2 aliphatic rings. The molecule has 262 valence electrons. The second-order valence-electron chi connectivity index (χ2n) is 14.8. The third-order valence-electron chi connectivity index (χ3n) is 11.9. The summed E-state index contributed by atoms with van der Waals surface area (Å²) in [7, 11) is 0. The Hall–Kier alpha value is -7.22. The predicted molar refractivity (Wildman–Crippen MR) is 234 cm³/mol. The van der Waals surface area contributed by atoms with Crippen LogP contribution < -0.4 is 4.90 Å². The summed E-state index contributed by atoms with van der Waals surface area (Å²) in [6, 6.07) is 82.2. The molecule has 11 rings (SSSR count). The van der Waals surface area contributed by atoms with E-state index in [4.69, 9.17) is 0 Å². The SMILES string of the molecule is c1ccc(-c2ccc(N(c3ccc(-c4ccccc4)cc3)c3cccc(-c4cccc5c4-c4cccc6c4C5(c4ccccc4)c4ccccc4-6)c3)cc2)cc1. The van der Waals surface area contributed by atoms with E-state index in [1.165, 1.54) is 77.9 Å². The van der Waals surface area contributed by atoms with E-state index in [-0.39, 0.29) is 5.41 Å². The molecule has 0 heterocycles. The number of fused-ring (bicyclic) bond motifs is 6. The maximum atomic E-state index is 2.38. The highest BCUT2D eigenvalue weighted by Crippen LogP contribution is 2.65. The van der Waals surface area contributed by atoms with Gasteiger partial charge in [0.1, 0.15) is 0 Å². The molecule has 2 aliphatic carbocycles. The van der Waals surface area contributed by atoms with Gasteiger partial charge in [-0.1, -0.05) is 188 Å². The van der Waals surface area contributed by atoms with Gasteiger partial charge in [0.05, 0.1) is 5.41 Å². The van der Waals surface area contributed by atoms with Crippen molar-refractivity contribution in [2.45, 2.75) is 5.41 Å². The van der Waals surface area contributed by atoms with Crippen molar-refractivity contribution in [2.75, 3.05) is 4.90 Å². The second-order valence-corrected chi connectivity index (χ2v) is 14.8. The van der Waals surface area contributed by atoms with Gasteiger partial charge in [-0.05, 0) is 114 Å². The maximum Gasteiger partial charge on any atom is 0.0725 e. The van der Waals surface area contributed by atoms with Crippen LogP contribution in [-0.4, -0.2) is 0 Å². The van der Waals surface area contributed by atoms with Crippen LogP contribution >= 0.6 is 0 Å². The van der Waals surface area contributed by atoms with Gasteiger partial charge in [0, 0.05) is 17.1 Å². The Morgan fingerprint density at radius 1 is 0.286 bits per heavy atom. The van der Waals surface area contributed by atoms with E-state index in [0.29, 0.717) is 0 Å². The molecule has 1 unspecified atom stereocenters. The summed E-state index contributed by atoms with van der Waals surface area (Å²) in [6.07, 6.45) is 0. The number of hydrogen-bond acceptors (Lipinski definition) is 1. The molecular weight excluding hydrogens is 675 g/mol. The van der Waals surface area contributed by atoms with E-state index in [0.717, 1.165) is 17.1 Å². The molecule has 1 atom stereocenters. The first kappa shape index (κ1) is 32.2. The van der Waals surface area contributed by atoms with E-state index in [1.54, 1.807) is 0 Å². The average Bonchev–Trinajstić information content (AvgIpc) is 3.77. The summed E-state index contributed by atoms with van der Waals surface area (Å²) in [5.74, 6) is 0. The highest BCUT2D eigenvalue weighted by Gasteiger charge is 2.52. The largest absolute Gasteiger partial charge is 0.310 e. The fourth-order valence-corrected chi connectivity index (χ4v) is 9.51. The van der Waals surface area contributed by atoms with Crippen molar-refractivity contribution in [1.29, 1.82) is 0 Å². The first-order valence-electron chi connectivity index (χ1n) is 19.4. The zero-order chi connectivity index (χ0) is 37.1. The van der Waals surface area contributed by atoms with Crippen LogP contribution in [-0.2, 0) is 5.41 Å².